The van der Waals surface area contributed by atoms with Crippen molar-refractivity contribution in [2.24, 2.45) is 5.41 Å². The van der Waals surface area contributed by atoms with Gasteiger partial charge in [-0.3, -0.25) is 19.4 Å². The first-order valence-corrected chi connectivity index (χ1v) is 14.8. The van der Waals surface area contributed by atoms with E-state index in [1.807, 2.05) is 65.6 Å². The molecule has 4 aromatic carbocycles. The lowest BCUT2D eigenvalue weighted by molar-refractivity contribution is 0.0665. The fourth-order valence-electron chi connectivity index (χ4n) is 7.78. The smallest absolute Gasteiger partial charge is 0.185 e. The first-order chi connectivity index (χ1) is 22.0. The van der Waals surface area contributed by atoms with Gasteiger partial charge in [0.05, 0.1) is 31.5 Å². The SMILES string of the molecule is COc1ccc([C@@H]2[C@H](C(=O)c3ccccc3)N3c4c(ccc5cccnc45)C=C[C@@H]3C23C(=O)c2ccccc2C3=O)cc1OC. The average Bonchev–Trinajstić information content (AvgIpc) is 3.53. The Balaban J connectivity index is 1.48. The number of ether oxygens (including phenoxy) is 2. The summed E-state index contributed by atoms with van der Waals surface area (Å²) in [6.45, 7) is 0. The van der Waals surface area contributed by atoms with E-state index in [9.17, 15) is 14.4 Å². The first kappa shape index (κ1) is 27.0. The molecule has 7 heteroatoms. The molecule has 0 unspecified atom stereocenters. The lowest BCUT2D eigenvalue weighted by atomic mass is 9.64. The zero-order valence-corrected chi connectivity index (χ0v) is 24.6. The molecule has 1 spiro atoms. The highest BCUT2D eigenvalue weighted by molar-refractivity contribution is 6.32. The fourth-order valence-corrected chi connectivity index (χ4v) is 7.78. The number of Topliss-reactive ketones (excluding diaryl/α,β-unsaturated/α-hetero) is 3. The lowest BCUT2D eigenvalue weighted by Crippen LogP contribution is -2.48. The van der Waals surface area contributed by atoms with Gasteiger partial charge < -0.3 is 14.4 Å². The molecule has 0 amide bonds. The van der Waals surface area contributed by atoms with Crippen molar-refractivity contribution in [2.75, 3.05) is 19.1 Å². The maximum atomic E-state index is 15.0. The van der Waals surface area contributed by atoms with E-state index in [4.69, 9.17) is 14.5 Å². The van der Waals surface area contributed by atoms with Crippen molar-refractivity contribution >= 4 is 40.0 Å². The predicted octanol–water partition coefficient (Wildman–Crippen LogP) is 6.57. The van der Waals surface area contributed by atoms with Crippen LogP contribution >= 0.6 is 0 Å². The fraction of sp³-hybridized carbons (Fsp3) is 0.158. The zero-order chi connectivity index (χ0) is 30.9. The summed E-state index contributed by atoms with van der Waals surface area (Å²) in [5, 5.41) is 0.896. The molecule has 8 rings (SSSR count). The van der Waals surface area contributed by atoms with E-state index < -0.39 is 23.4 Å². The highest BCUT2D eigenvalue weighted by Crippen LogP contribution is 2.62. The zero-order valence-electron chi connectivity index (χ0n) is 24.6. The van der Waals surface area contributed by atoms with Crippen LogP contribution in [0.1, 0.15) is 48.1 Å². The van der Waals surface area contributed by atoms with E-state index in [2.05, 4.69) is 0 Å². The number of pyridine rings is 1. The van der Waals surface area contributed by atoms with Crippen molar-refractivity contribution in [2.45, 2.75) is 18.0 Å². The van der Waals surface area contributed by atoms with Crippen LogP contribution in [0.3, 0.4) is 0 Å². The van der Waals surface area contributed by atoms with E-state index in [0.29, 0.717) is 39.3 Å². The van der Waals surface area contributed by atoms with Gasteiger partial charge in [0, 0.05) is 34.2 Å². The third-order valence-corrected chi connectivity index (χ3v) is 9.63. The highest BCUT2D eigenvalue weighted by atomic mass is 16.5. The Morgan fingerprint density at radius 2 is 1.51 bits per heavy atom. The third kappa shape index (κ3) is 3.58. The number of rotatable bonds is 5. The molecule has 3 atom stereocenters. The maximum absolute atomic E-state index is 15.0. The molecule has 1 aromatic heterocycles. The Morgan fingerprint density at radius 3 is 2.22 bits per heavy atom. The third-order valence-electron chi connectivity index (χ3n) is 9.63. The summed E-state index contributed by atoms with van der Waals surface area (Å²) in [5.74, 6) is -0.700. The molecule has 3 aliphatic rings. The van der Waals surface area contributed by atoms with E-state index >= 15 is 0 Å². The number of aromatic nitrogens is 1. The van der Waals surface area contributed by atoms with Crippen LogP contribution in [0.5, 0.6) is 11.5 Å². The first-order valence-electron chi connectivity index (χ1n) is 14.8. The highest BCUT2D eigenvalue weighted by Gasteiger charge is 2.71. The van der Waals surface area contributed by atoms with Crippen LogP contribution in [0.2, 0.25) is 0 Å². The van der Waals surface area contributed by atoms with Gasteiger partial charge in [-0.1, -0.05) is 91.0 Å². The average molecular weight is 593 g/mol. The number of hydrogen-bond donors (Lipinski definition) is 0. The molecule has 7 nitrogen and oxygen atoms in total. The number of carbonyl (C=O) groups excluding carboxylic acids is 3. The molecule has 1 fully saturated rings. The van der Waals surface area contributed by atoms with Crippen molar-refractivity contribution in [3.63, 3.8) is 0 Å². The van der Waals surface area contributed by atoms with E-state index in [-0.39, 0.29) is 17.3 Å². The Kier molecular flexibility index (Phi) is 6.00. The topological polar surface area (TPSA) is 85.8 Å². The minimum atomic E-state index is -1.64. The second kappa shape index (κ2) is 9.99. The number of anilines is 1. The Morgan fingerprint density at radius 1 is 0.800 bits per heavy atom. The molecule has 2 aliphatic heterocycles. The van der Waals surface area contributed by atoms with Gasteiger partial charge >= 0.3 is 0 Å². The molecule has 3 heterocycles. The molecular weight excluding hydrogens is 564 g/mol. The number of fused-ring (bicyclic) bond motifs is 7. The second-order valence-corrected chi connectivity index (χ2v) is 11.6. The van der Waals surface area contributed by atoms with Gasteiger partial charge in [0.2, 0.25) is 0 Å². The Hall–Kier alpha value is -5.56. The van der Waals surface area contributed by atoms with Crippen LogP contribution in [0.25, 0.3) is 17.0 Å². The van der Waals surface area contributed by atoms with Crippen LogP contribution in [0, 0.1) is 5.41 Å². The van der Waals surface area contributed by atoms with Gasteiger partial charge in [-0.2, -0.15) is 0 Å². The normalized spacial score (nSPS) is 20.7. The van der Waals surface area contributed by atoms with Crippen molar-refractivity contribution in [3.05, 3.63) is 137 Å². The standard InChI is InChI=1S/C38H28N2O5/c1-44-28-18-16-25(21-29(28)45-2)31-34(35(41)24-9-4-3-5-10-24)40-30(38(31)36(42)26-12-6-7-13-27(26)37(38)43)19-17-23-15-14-22-11-8-20-39-32(22)33(23)40/h3-21,30-31,34H,1-2H3/t30-,31-,34-/m1/s1. The van der Waals surface area contributed by atoms with Crippen LogP contribution in [0.15, 0.2) is 109 Å². The second-order valence-electron chi connectivity index (χ2n) is 11.6. The molecule has 0 saturated carbocycles. The number of nitrogens with zero attached hydrogens (tertiary/aromatic N) is 2. The summed E-state index contributed by atoms with van der Waals surface area (Å²) in [6.07, 6.45) is 5.60. The Labute approximate surface area is 259 Å². The summed E-state index contributed by atoms with van der Waals surface area (Å²) < 4.78 is 11.2. The van der Waals surface area contributed by atoms with Gasteiger partial charge in [-0.25, -0.2) is 0 Å². The number of hydrogen-bond acceptors (Lipinski definition) is 7. The predicted molar refractivity (Wildman–Crippen MR) is 171 cm³/mol. The van der Waals surface area contributed by atoms with Crippen LogP contribution in [-0.4, -0.2) is 48.6 Å². The van der Waals surface area contributed by atoms with Gasteiger partial charge in [0.1, 0.15) is 11.5 Å². The molecule has 45 heavy (non-hydrogen) atoms. The van der Waals surface area contributed by atoms with E-state index in [1.54, 1.807) is 68.9 Å². The molecule has 0 N–H and O–H groups in total. The van der Waals surface area contributed by atoms with E-state index in [1.165, 1.54) is 0 Å². The summed E-state index contributed by atoms with van der Waals surface area (Å²) in [7, 11) is 3.09. The van der Waals surface area contributed by atoms with Gasteiger partial charge in [-0.05, 0) is 29.3 Å². The Bertz CT molecular complexity index is 2050. The number of methoxy groups -OCH3 is 2. The van der Waals surface area contributed by atoms with Gasteiger partial charge in [0.15, 0.2) is 28.8 Å². The van der Waals surface area contributed by atoms with Crippen molar-refractivity contribution in [1.29, 1.82) is 0 Å². The maximum Gasteiger partial charge on any atom is 0.185 e. The number of carbonyl (C=O) groups is 3. The number of ketones is 3. The molecule has 220 valence electrons. The van der Waals surface area contributed by atoms with E-state index in [0.717, 1.165) is 16.6 Å². The van der Waals surface area contributed by atoms with Crippen molar-refractivity contribution in [3.8, 4) is 11.5 Å². The van der Waals surface area contributed by atoms with Crippen LogP contribution in [-0.2, 0) is 0 Å². The molecular formula is C38H28N2O5. The molecule has 5 aromatic rings. The van der Waals surface area contributed by atoms with Crippen LogP contribution in [0.4, 0.5) is 5.69 Å². The minimum Gasteiger partial charge on any atom is -0.493 e. The quantitative estimate of drug-likeness (QED) is 0.169. The lowest BCUT2D eigenvalue weighted by Gasteiger charge is -2.37. The molecule has 1 saturated heterocycles. The molecule has 0 radical (unpaired) electrons. The largest absolute Gasteiger partial charge is 0.493 e. The number of benzene rings is 4. The molecule has 1 aliphatic carbocycles. The summed E-state index contributed by atoms with van der Waals surface area (Å²) in [6, 6.07) is 27.6. The van der Waals surface area contributed by atoms with Gasteiger partial charge in [0.25, 0.3) is 0 Å². The minimum absolute atomic E-state index is 0.192. The summed E-state index contributed by atoms with van der Waals surface area (Å²) in [4.78, 5) is 51.7. The van der Waals surface area contributed by atoms with Crippen molar-refractivity contribution < 1.29 is 23.9 Å². The van der Waals surface area contributed by atoms with Gasteiger partial charge in [-0.15, -0.1) is 0 Å². The monoisotopic (exact) mass is 592 g/mol. The summed E-state index contributed by atoms with van der Waals surface area (Å²) in [5.41, 5.74) is 2.53. The van der Waals surface area contributed by atoms with Crippen molar-refractivity contribution in [1.82, 2.24) is 4.98 Å². The van der Waals surface area contributed by atoms with Crippen LogP contribution < -0.4 is 14.4 Å². The summed E-state index contributed by atoms with van der Waals surface area (Å²) >= 11 is 0. The molecule has 0 bridgehead atoms.